The number of carbonyl (C=O) groups excluding carboxylic acids is 8. The Hall–Kier alpha value is -7.74. The maximum absolute atomic E-state index is 12.3. The normalized spacial score (nSPS) is 9.84. The van der Waals surface area contributed by atoms with Crippen LogP contribution in [0.2, 0.25) is 0 Å². The Morgan fingerprint density at radius 1 is 0.328 bits per heavy atom. The molecule has 0 saturated heterocycles. The van der Waals surface area contributed by atoms with Gasteiger partial charge in [0.25, 0.3) is 10.5 Å². The first kappa shape index (κ1) is 46.0. The monoisotopic (exact) mass is 862 g/mol. The highest BCUT2D eigenvalue weighted by Gasteiger charge is 2.17. The molecule has 308 valence electrons. The van der Waals surface area contributed by atoms with Gasteiger partial charge in [-0.25, -0.2) is 19.2 Å². The Labute approximate surface area is 358 Å². The first-order chi connectivity index (χ1) is 29.2. The minimum absolute atomic E-state index is 0.104. The lowest BCUT2D eigenvalue weighted by atomic mass is 10.1. The van der Waals surface area contributed by atoms with Gasteiger partial charge in [0, 0.05) is 37.1 Å². The highest BCUT2D eigenvalue weighted by Crippen LogP contribution is 2.22. The van der Waals surface area contributed by atoms with Crippen LogP contribution in [-0.2, 0) is 14.3 Å². The van der Waals surface area contributed by atoms with E-state index in [1.54, 1.807) is 72.8 Å². The van der Waals surface area contributed by atoms with Crippen molar-refractivity contribution < 1.29 is 62.0 Å². The lowest BCUT2D eigenvalue weighted by Crippen LogP contribution is -2.13. The van der Waals surface area contributed by atoms with E-state index in [9.17, 15) is 38.4 Å². The van der Waals surface area contributed by atoms with E-state index in [4.69, 9.17) is 46.9 Å². The van der Waals surface area contributed by atoms with E-state index in [1.807, 2.05) is 6.07 Å². The zero-order valence-electron chi connectivity index (χ0n) is 32.1. The number of esters is 6. The molecule has 0 saturated carbocycles. The van der Waals surface area contributed by atoms with Gasteiger partial charge in [0.1, 0.15) is 23.0 Å². The maximum Gasteiger partial charge on any atom is 0.346 e. The molecule has 13 nitrogen and oxygen atoms in total. The molecule has 0 atom stereocenters. The molecule has 0 radical (unpaired) electrons. The van der Waals surface area contributed by atoms with Crippen LogP contribution in [0.15, 0.2) is 158 Å². The van der Waals surface area contributed by atoms with Gasteiger partial charge in [-0.05, 0) is 108 Å². The largest absolute Gasteiger partial charge is 0.427 e. The van der Waals surface area contributed by atoms with E-state index in [0.717, 1.165) is 0 Å². The molecule has 0 aromatic heterocycles. The highest BCUT2D eigenvalue weighted by molar-refractivity contribution is 6.68. The average molecular weight is 864 g/mol. The topological polar surface area (TPSA) is 183 Å². The predicted molar refractivity (Wildman–Crippen MR) is 221 cm³/mol. The van der Waals surface area contributed by atoms with Crippen LogP contribution in [-0.4, -0.2) is 46.3 Å². The second-order valence-electron chi connectivity index (χ2n) is 12.0. The summed E-state index contributed by atoms with van der Waals surface area (Å²) in [5.74, 6) is -2.89. The van der Waals surface area contributed by atoms with E-state index in [1.165, 1.54) is 92.7 Å². The molecule has 0 heterocycles. The van der Waals surface area contributed by atoms with Crippen molar-refractivity contribution in [1.82, 2.24) is 0 Å². The van der Waals surface area contributed by atoms with Crippen molar-refractivity contribution in [2.45, 2.75) is 13.8 Å². The summed E-state index contributed by atoms with van der Waals surface area (Å²) < 4.78 is 25.1. The zero-order valence-corrected chi connectivity index (χ0v) is 33.6. The maximum atomic E-state index is 12.3. The molecule has 0 bridgehead atoms. The van der Waals surface area contributed by atoms with Crippen LogP contribution < -0.4 is 18.9 Å². The van der Waals surface area contributed by atoms with Gasteiger partial charge in [-0.2, -0.15) is 0 Å². The molecule has 15 heteroatoms. The number of hydrogen-bond acceptors (Lipinski definition) is 13. The minimum atomic E-state index is -0.835. The highest BCUT2D eigenvalue weighted by atomic mass is 35.5. The molecule has 6 rings (SSSR count). The summed E-state index contributed by atoms with van der Waals surface area (Å²) in [7, 11) is 0. The summed E-state index contributed by atoms with van der Waals surface area (Å²) in [4.78, 5) is 91.6. The number of ether oxygens (including phenoxy) is 5. The third-order valence-electron chi connectivity index (χ3n) is 7.45. The summed E-state index contributed by atoms with van der Waals surface area (Å²) in [5.41, 5.74) is 1.63. The molecule has 61 heavy (non-hydrogen) atoms. The minimum Gasteiger partial charge on any atom is -0.427 e. The van der Waals surface area contributed by atoms with Crippen molar-refractivity contribution in [3.05, 3.63) is 191 Å². The SMILES string of the molecule is CC(=O)Oc1cccc(OC(=O)c2ccc(C(=O)Cl)cc2)c1.CC(=O)Oc1cccc(OC(=O)c2ccc(C(=O)OC(=O)c3ccccc3)cc2)c1.O=C(Cl)c1ccccc1. The van der Waals surface area contributed by atoms with Crippen molar-refractivity contribution in [2.75, 3.05) is 0 Å². The van der Waals surface area contributed by atoms with Crippen LogP contribution in [0, 0.1) is 0 Å². The molecular weight excluding hydrogens is 831 g/mol. The first-order valence-corrected chi connectivity index (χ1v) is 18.4. The summed E-state index contributed by atoms with van der Waals surface area (Å²) in [5, 5.41) is -1.01. The van der Waals surface area contributed by atoms with Crippen LogP contribution >= 0.6 is 23.2 Å². The van der Waals surface area contributed by atoms with Gasteiger partial charge in [0.2, 0.25) is 0 Å². The van der Waals surface area contributed by atoms with Gasteiger partial charge in [-0.1, -0.05) is 60.7 Å². The standard InChI is InChI=1S/C23H16O7.C16H11ClO5.C7H5ClO/c1-15(24)28-19-8-5-9-20(14-19)29-21(25)17-10-12-18(13-11-17)23(27)30-22(26)16-6-3-2-4-7-16;1-10(18)21-13-3-2-4-14(9-13)22-16(20)12-7-5-11(6-8-12)15(17)19;8-7(9)6-4-2-1-3-5-6/h2-14H,1H3;2-9H,1H3;1-5H. The summed E-state index contributed by atoms with van der Waals surface area (Å²) >= 11 is 10.5. The quantitative estimate of drug-likeness (QED) is 0.0551. The second-order valence-corrected chi connectivity index (χ2v) is 12.7. The predicted octanol–water partition coefficient (Wildman–Crippen LogP) is 9.10. The van der Waals surface area contributed by atoms with Gasteiger partial charge in [-0.3, -0.25) is 19.2 Å². The number of rotatable bonds is 10. The smallest absolute Gasteiger partial charge is 0.346 e. The third kappa shape index (κ3) is 15.5. The van der Waals surface area contributed by atoms with Crippen molar-refractivity contribution in [1.29, 1.82) is 0 Å². The van der Waals surface area contributed by atoms with Crippen LogP contribution in [0.5, 0.6) is 23.0 Å². The number of carbonyl (C=O) groups is 8. The summed E-state index contributed by atoms with van der Waals surface area (Å²) in [6, 6.07) is 40.3. The van der Waals surface area contributed by atoms with Crippen molar-refractivity contribution in [3.8, 4) is 23.0 Å². The van der Waals surface area contributed by atoms with Crippen LogP contribution in [0.3, 0.4) is 0 Å². The van der Waals surface area contributed by atoms with Crippen molar-refractivity contribution in [3.63, 3.8) is 0 Å². The number of hydrogen-bond donors (Lipinski definition) is 0. The number of halogens is 2. The molecule has 0 unspecified atom stereocenters. The van der Waals surface area contributed by atoms with Gasteiger partial charge in [0.05, 0.1) is 22.3 Å². The summed E-state index contributed by atoms with van der Waals surface area (Å²) in [6.45, 7) is 2.54. The lowest BCUT2D eigenvalue weighted by molar-refractivity contribution is -0.132. The second kappa shape index (κ2) is 23.0. The Bertz CT molecular complexity index is 2520. The molecular formula is C46H32Cl2O13. The van der Waals surface area contributed by atoms with E-state index < -0.39 is 46.3 Å². The van der Waals surface area contributed by atoms with E-state index in [2.05, 4.69) is 0 Å². The Balaban J connectivity index is 0.000000230. The third-order valence-corrected chi connectivity index (χ3v) is 7.89. The van der Waals surface area contributed by atoms with E-state index in [-0.39, 0.29) is 50.8 Å². The van der Waals surface area contributed by atoms with Crippen molar-refractivity contribution in [2.24, 2.45) is 0 Å². The van der Waals surface area contributed by atoms with Gasteiger partial charge < -0.3 is 23.7 Å². The average Bonchev–Trinajstić information content (AvgIpc) is 3.24. The molecule has 0 spiro atoms. The number of benzene rings is 6. The van der Waals surface area contributed by atoms with Gasteiger partial charge in [-0.15, -0.1) is 0 Å². The van der Waals surface area contributed by atoms with Gasteiger partial charge in [0.15, 0.2) is 0 Å². The molecule has 0 aliphatic rings. The summed E-state index contributed by atoms with van der Waals surface area (Å²) in [6.07, 6.45) is 0. The molecule has 6 aromatic carbocycles. The Morgan fingerprint density at radius 3 is 0.934 bits per heavy atom. The fourth-order valence-electron chi connectivity index (χ4n) is 4.69. The molecule has 0 aliphatic carbocycles. The molecule has 0 aliphatic heterocycles. The zero-order chi connectivity index (χ0) is 44.3. The first-order valence-electron chi connectivity index (χ1n) is 17.7. The van der Waals surface area contributed by atoms with Crippen LogP contribution in [0.25, 0.3) is 0 Å². The molecule has 0 amide bonds. The van der Waals surface area contributed by atoms with E-state index in [0.29, 0.717) is 5.56 Å². The fourth-order valence-corrected chi connectivity index (χ4v) is 4.94. The fraction of sp³-hybridized carbons (Fsp3) is 0.0435. The molecule has 6 aromatic rings. The lowest BCUT2D eigenvalue weighted by Gasteiger charge is -2.07. The van der Waals surface area contributed by atoms with Gasteiger partial charge >= 0.3 is 35.8 Å². The molecule has 0 fully saturated rings. The van der Waals surface area contributed by atoms with Crippen molar-refractivity contribution >= 4 is 69.5 Å². The Kier molecular flexibility index (Phi) is 17.3. The van der Waals surface area contributed by atoms with Crippen LogP contribution in [0.4, 0.5) is 0 Å². The van der Waals surface area contributed by atoms with E-state index >= 15 is 0 Å². The molecule has 0 N–H and O–H groups in total. The van der Waals surface area contributed by atoms with Crippen LogP contribution in [0.1, 0.15) is 76.0 Å². The Morgan fingerprint density at radius 2 is 0.607 bits per heavy atom.